The summed E-state index contributed by atoms with van der Waals surface area (Å²) in [6.07, 6.45) is 6.49. The van der Waals surface area contributed by atoms with Crippen LogP contribution in [0.5, 0.6) is 0 Å². The monoisotopic (exact) mass is 214 g/mol. The highest BCUT2D eigenvalue weighted by molar-refractivity contribution is 4.60. The Labute approximate surface area is 94.3 Å². The molecule has 2 heteroatoms. The van der Waals surface area contributed by atoms with Crippen LogP contribution in [0, 0.1) is 11.8 Å². The maximum absolute atomic E-state index is 5.20. The topological polar surface area (TPSA) is 18.5 Å². The molecule has 0 N–H and O–H groups in total. The highest BCUT2D eigenvalue weighted by Crippen LogP contribution is 2.17. The first-order valence-corrected chi connectivity index (χ1v) is 6.52. The van der Waals surface area contributed by atoms with Crippen LogP contribution in [0.4, 0.5) is 0 Å². The molecule has 15 heavy (non-hydrogen) atoms. The number of hydrogen-bond acceptors (Lipinski definition) is 2. The fourth-order valence-corrected chi connectivity index (χ4v) is 2.06. The van der Waals surface area contributed by atoms with E-state index in [1.807, 2.05) is 0 Å². The van der Waals surface area contributed by atoms with Crippen LogP contribution >= 0.6 is 0 Å². The summed E-state index contributed by atoms with van der Waals surface area (Å²) in [5, 5.41) is 0. The van der Waals surface area contributed by atoms with Crippen LogP contribution in [0.15, 0.2) is 0 Å². The van der Waals surface area contributed by atoms with Crippen LogP contribution in [-0.2, 0) is 9.47 Å². The van der Waals surface area contributed by atoms with Gasteiger partial charge in [-0.3, -0.25) is 0 Å². The van der Waals surface area contributed by atoms with E-state index in [2.05, 4.69) is 13.8 Å². The van der Waals surface area contributed by atoms with Gasteiger partial charge >= 0.3 is 0 Å². The van der Waals surface area contributed by atoms with Crippen LogP contribution in [0.2, 0.25) is 0 Å². The molecule has 0 aromatic heterocycles. The maximum atomic E-state index is 5.20. The van der Waals surface area contributed by atoms with Gasteiger partial charge in [-0.15, -0.1) is 0 Å². The van der Waals surface area contributed by atoms with E-state index in [1.165, 1.54) is 32.1 Å². The molecule has 0 spiro atoms. The molecular formula is C13H26O2. The fourth-order valence-electron chi connectivity index (χ4n) is 2.06. The largest absolute Gasteiger partial charge is 0.381 e. The molecule has 0 aliphatic carbocycles. The van der Waals surface area contributed by atoms with Crippen molar-refractivity contribution in [1.29, 1.82) is 0 Å². The number of hydrogen-bond donors (Lipinski definition) is 0. The quantitative estimate of drug-likeness (QED) is 0.702. The Balaban J connectivity index is 0.000000151. The lowest BCUT2D eigenvalue weighted by Gasteiger charge is -2.19. The van der Waals surface area contributed by atoms with E-state index in [-0.39, 0.29) is 0 Å². The van der Waals surface area contributed by atoms with E-state index >= 15 is 0 Å². The third-order valence-corrected chi connectivity index (χ3v) is 3.52. The second kappa shape index (κ2) is 8.12. The van der Waals surface area contributed by atoms with Crippen molar-refractivity contribution in [2.24, 2.45) is 11.8 Å². The fraction of sp³-hybridized carbons (Fsp3) is 1.00. The molecule has 90 valence electrons. The molecule has 1 atom stereocenters. The van der Waals surface area contributed by atoms with E-state index in [9.17, 15) is 0 Å². The Morgan fingerprint density at radius 2 is 1.33 bits per heavy atom. The average molecular weight is 214 g/mol. The Morgan fingerprint density at radius 3 is 1.67 bits per heavy atom. The van der Waals surface area contributed by atoms with Crippen molar-refractivity contribution in [2.75, 3.05) is 26.4 Å². The van der Waals surface area contributed by atoms with Crippen molar-refractivity contribution in [3.63, 3.8) is 0 Å². The van der Waals surface area contributed by atoms with Gasteiger partial charge in [-0.05, 0) is 31.1 Å². The van der Waals surface area contributed by atoms with Crippen LogP contribution in [0.1, 0.15) is 46.0 Å². The predicted molar refractivity (Wildman–Crippen MR) is 63.1 cm³/mol. The molecular weight excluding hydrogens is 188 g/mol. The van der Waals surface area contributed by atoms with Crippen molar-refractivity contribution >= 4 is 0 Å². The van der Waals surface area contributed by atoms with Gasteiger partial charge in [0.05, 0.1) is 0 Å². The Morgan fingerprint density at radius 1 is 0.800 bits per heavy atom. The SMILES string of the molecule is CCC1CCOC1.CCC1CCOCC1. The second-order valence-electron chi connectivity index (χ2n) is 4.60. The summed E-state index contributed by atoms with van der Waals surface area (Å²) < 4.78 is 10.3. The Hall–Kier alpha value is -0.0800. The van der Waals surface area contributed by atoms with Crippen molar-refractivity contribution in [3.05, 3.63) is 0 Å². The number of rotatable bonds is 2. The minimum absolute atomic E-state index is 0.875. The van der Waals surface area contributed by atoms with Gasteiger partial charge in [-0.1, -0.05) is 26.7 Å². The van der Waals surface area contributed by atoms with E-state index in [4.69, 9.17) is 9.47 Å². The van der Waals surface area contributed by atoms with E-state index in [1.54, 1.807) is 0 Å². The summed E-state index contributed by atoms with van der Waals surface area (Å²) in [5.41, 5.74) is 0. The molecule has 2 aliphatic rings. The third kappa shape index (κ3) is 5.53. The summed E-state index contributed by atoms with van der Waals surface area (Å²) in [5.74, 6) is 1.84. The van der Waals surface area contributed by atoms with Gasteiger partial charge in [0, 0.05) is 26.4 Å². The first-order valence-electron chi connectivity index (χ1n) is 6.52. The molecule has 0 bridgehead atoms. The van der Waals surface area contributed by atoms with E-state index in [0.717, 1.165) is 38.3 Å². The minimum Gasteiger partial charge on any atom is -0.381 e. The molecule has 0 saturated carbocycles. The van der Waals surface area contributed by atoms with Crippen LogP contribution in [0.3, 0.4) is 0 Å². The zero-order valence-corrected chi connectivity index (χ0v) is 10.3. The van der Waals surface area contributed by atoms with Gasteiger partial charge in [0.15, 0.2) is 0 Å². The van der Waals surface area contributed by atoms with E-state index in [0.29, 0.717) is 0 Å². The summed E-state index contributed by atoms with van der Waals surface area (Å²) in [4.78, 5) is 0. The molecule has 2 rings (SSSR count). The third-order valence-electron chi connectivity index (χ3n) is 3.52. The number of ether oxygens (including phenoxy) is 2. The normalized spacial score (nSPS) is 27.2. The first-order chi connectivity index (χ1) is 7.36. The summed E-state index contributed by atoms with van der Waals surface area (Å²) in [7, 11) is 0. The molecule has 0 amide bonds. The van der Waals surface area contributed by atoms with Gasteiger partial charge in [0.25, 0.3) is 0 Å². The van der Waals surface area contributed by atoms with Gasteiger partial charge in [0.1, 0.15) is 0 Å². The average Bonchev–Trinajstić information content (AvgIpc) is 2.84. The minimum atomic E-state index is 0.875. The van der Waals surface area contributed by atoms with Gasteiger partial charge in [-0.2, -0.15) is 0 Å². The van der Waals surface area contributed by atoms with Crippen molar-refractivity contribution in [3.8, 4) is 0 Å². The van der Waals surface area contributed by atoms with Crippen molar-refractivity contribution < 1.29 is 9.47 Å². The summed E-state index contributed by atoms with van der Waals surface area (Å²) >= 11 is 0. The molecule has 2 aliphatic heterocycles. The highest BCUT2D eigenvalue weighted by atomic mass is 16.5. The van der Waals surface area contributed by atoms with Crippen molar-refractivity contribution in [2.45, 2.75) is 46.0 Å². The Kier molecular flexibility index (Phi) is 7.03. The zero-order valence-electron chi connectivity index (χ0n) is 10.3. The van der Waals surface area contributed by atoms with Gasteiger partial charge in [-0.25, -0.2) is 0 Å². The molecule has 1 unspecified atom stereocenters. The summed E-state index contributed by atoms with van der Waals surface area (Å²) in [6, 6.07) is 0. The summed E-state index contributed by atoms with van der Waals surface area (Å²) in [6.45, 7) is 8.49. The van der Waals surface area contributed by atoms with Crippen molar-refractivity contribution in [1.82, 2.24) is 0 Å². The molecule has 0 radical (unpaired) electrons. The van der Waals surface area contributed by atoms with E-state index < -0.39 is 0 Å². The maximum Gasteiger partial charge on any atom is 0.0495 e. The molecule has 2 fully saturated rings. The first kappa shape index (κ1) is 13.0. The Bertz CT molecular complexity index is 135. The smallest absolute Gasteiger partial charge is 0.0495 e. The van der Waals surface area contributed by atoms with Crippen LogP contribution in [0.25, 0.3) is 0 Å². The molecule has 0 aromatic carbocycles. The van der Waals surface area contributed by atoms with Gasteiger partial charge in [0.2, 0.25) is 0 Å². The molecule has 2 nitrogen and oxygen atoms in total. The van der Waals surface area contributed by atoms with Gasteiger partial charge < -0.3 is 9.47 Å². The zero-order chi connectivity index (χ0) is 10.9. The lowest BCUT2D eigenvalue weighted by molar-refractivity contribution is 0.0654. The standard InChI is InChI=1S/C7H14O.C6H12O/c1-2-7-3-5-8-6-4-7;1-2-6-3-4-7-5-6/h7H,2-6H2,1H3;6H,2-5H2,1H3. The van der Waals surface area contributed by atoms with Crippen LogP contribution in [-0.4, -0.2) is 26.4 Å². The lowest BCUT2D eigenvalue weighted by Crippen LogP contribution is -2.14. The highest BCUT2D eigenvalue weighted by Gasteiger charge is 2.11. The second-order valence-corrected chi connectivity index (χ2v) is 4.60. The molecule has 2 heterocycles. The molecule has 2 saturated heterocycles. The lowest BCUT2D eigenvalue weighted by atomic mass is 9.98. The van der Waals surface area contributed by atoms with Crippen LogP contribution < -0.4 is 0 Å². The molecule has 0 aromatic rings. The predicted octanol–water partition coefficient (Wildman–Crippen LogP) is 3.26.